The van der Waals surface area contributed by atoms with Crippen molar-refractivity contribution in [3.05, 3.63) is 24.4 Å². The molecule has 4 nitrogen and oxygen atoms in total. The van der Waals surface area contributed by atoms with E-state index in [1.165, 1.54) is 0 Å². The number of rotatable bonds is 1. The van der Waals surface area contributed by atoms with Crippen LogP contribution in [0.3, 0.4) is 0 Å². The molecule has 2 rings (SSSR count). The number of nitrogens with zero attached hydrogens (tertiary/aromatic N) is 2. The standard InChI is InChI=1S/C8H9BN2O2/c1-11-5-4-6-2-3-7(9(12)13)10-8(6)11/h2-5,12-13H,1H3. The average Bonchev–Trinajstić information content (AvgIpc) is 2.47. The molecule has 0 bridgehead atoms. The van der Waals surface area contributed by atoms with Crippen LogP contribution in [0.25, 0.3) is 11.0 Å². The third kappa shape index (κ3) is 1.32. The Morgan fingerprint density at radius 1 is 1.31 bits per heavy atom. The highest BCUT2D eigenvalue weighted by Gasteiger charge is 2.13. The summed E-state index contributed by atoms with van der Waals surface area (Å²) in [5.41, 5.74) is 1.03. The van der Waals surface area contributed by atoms with Gasteiger partial charge in [-0.2, -0.15) is 0 Å². The quantitative estimate of drug-likeness (QED) is 0.562. The zero-order valence-corrected chi connectivity index (χ0v) is 7.18. The first-order chi connectivity index (χ1) is 6.18. The Kier molecular flexibility index (Phi) is 1.83. The molecular formula is C8H9BN2O2. The van der Waals surface area contributed by atoms with E-state index in [0.717, 1.165) is 11.0 Å². The maximum absolute atomic E-state index is 8.90. The van der Waals surface area contributed by atoms with Crippen molar-refractivity contribution in [3.8, 4) is 0 Å². The first-order valence-electron chi connectivity index (χ1n) is 3.96. The van der Waals surface area contributed by atoms with Crippen LogP contribution in [0.15, 0.2) is 24.4 Å². The molecule has 13 heavy (non-hydrogen) atoms. The molecule has 66 valence electrons. The van der Waals surface area contributed by atoms with Gasteiger partial charge in [0, 0.05) is 18.6 Å². The average molecular weight is 176 g/mol. The number of pyridine rings is 1. The first-order valence-corrected chi connectivity index (χ1v) is 3.96. The summed E-state index contributed by atoms with van der Waals surface area (Å²) >= 11 is 0. The van der Waals surface area contributed by atoms with Crippen molar-refractivity contribution in [2.75, 3.05) is 0 Å². The SMILES string of the molecule is Cn1ccc2ccc(B(O)O)nc21. The summed E-state index contributed by atoms with van der Waals surface area (Å²) in [7, 11) is 0.363. The van der Waals surface area contributed by atoms with E-state index in [4.69, 9.17) is 10.0 Å². The number of aromatic nitrogens is 2. The lowest BCUT2D eigenvalue weighted by Crippen LogP contribution is -2.32. The summed E-state index contributed by atoms with van der Waals surface area (Å²) in [6.45, 7) is 0. The molecule has 2 N–H and O–H groups in total. The van der Waals surface area contributed by atoms with E-state index in [-0.39, 0.29) is 5.59 Å². The Morgan fingerprint density at radius 2 is 2.08 bits per heavy atom. The summed E-state index contributed by atoms with van der Waals surface area (Å²) in [5.74, 6) is 0. The minimum atomic E-state index is -1.50. The van der Waals surface area contributed by atoms with Crippen molar-refractivity contribution in [3.63, 3.8) is 0 Å². The van der Waals surface area contributed by atoms with Gasteiger partial charge in [-0.25, -0.2) is 4.98 Å². The molecule has 0 radical (unpaired) electrons. The normalized spacial score (nSPS) is 10.7. The van der Waals surface area contributed by atoms with Crippen LogP contribution >= 0.6 is 0 Å². The van der Waals surface area contributed by atoms with Gasteiger partial charge in [0.15, 0.2) is 0 Å². The van der Waals surface area contributed by atoms with Gasteiger partial charge >= 0.3 is 7.12 Å². The Hall–Kier alpha value is -1.33. The van der Waals surface area contributed by atoms with E-state index in [1.807, 2.05) is 29.9 Å². The minimum Gasteiger partial charge on any atom is -0.422 e. The van der Waals surface area contributed by atoms with Crippen LogP contribution in [-0.4, -0.2) is 26.7 Å². The molecule has 0 aromatic carbocycles. The Bertz CT molecular complexity index is 439. The van der Waals surface area contributed by atoms with Gasteiger partial charge in [-0.05, 0) is 12.1 Å². The smallest absolute Gasteiger partial charge is 0.422 e. The van der Waals surface area contributed by atoms with E-state index in [1.54, 1.807) is 6.07 Å². The van der Waals surface area contributed by atoms with Crippen molar-refractivity contribution < 1.29 is 10.0 Å². The number of fused-ring (bicyclic) bond motifs is 1. The second-order valence-electron chi connectivity index (χ2n) is 2.95. The molecule has 2 heterocycles. The third-order valence-corrected chi connectivity index (χ3v) is 2.00. The fourth-order valence-electron chi connectivity index (χ4n) is 1.29. The van der Waals surface area contributed by atoms with Crippen LogP contribution in [0, 0.1) is 0 Å². The fourth-order valence-corrected chi connectivity index (χ4v) is 1.29. The zero-order chi connectivity index (χ0) is 9.42. The molecule has 0 aliphatic carbocycles. The molecule has 0 aliphatic rings. The second-order valence-corrected chi connectivity index (χ2v) is 2.95. The van der Waals surface area contributed by atoms with Crippen molar-refractivity contribution in [2.45, 2.75) is 0 Å². The number of hydrogen-bond donors (Lipinski definition) is 2. The van der Waals surface area contributed by atoms with Gasteiger partial charge in [0.2, 0.25) is 0 Å². The first kappa shape index (κ1) is 8.28. The maximum Gasteiger partial charge on any atom is 0.508 e. The summed E-state index contributed by atoms with van der Waals surface area (Å²) in [6.07, 6.45) is 1.88. The topological polar surface area (TPSA) is 58.3 Å². The van der Waals surface area contributed by atoms with Gasteiger partial charge in [0.25, 0.3) is 0 Å². The fraction of sp³-hybridized carbons (Fsp3) is 0.125. The van der Waals surface area contributed by atoms with E-state index in [2.05, 4.69) is 4.98 Å². The van der Waals surface area contributed by atoms with Crippen LogP contribution < -0.4 is 5.59 Å². The second kappa shape index (κ2) is 2.87. The van der Waals surface area contributed by atoms with Crippen molar-refractivity contribution in [1.82, 2.24) is 9.55 Å². The predicted molar refractivity (Wildman–Crippen MR) is 50.5 cm³/mol. The van der Waals surface area contributed by atoms with E-state index in [0.29, 0.717) is 0 Å². The van der Waals surface area contributed by atoms with Gasteiger partial charge in [-0.3, -0.25) is 0 Å². The highest BCUT2D eigenvalue weighted by Crippen LogP contribution is 2.09. The maximum atomic E-state index is 8.90. The van der Waals surface area contributed by atoms with E-state index in [9.17, 15) is 0 Å². The van der Waals surface area contributed by atoms with Gasteiger partial charge in [-0.1, -0.05) is 6.07 Å². The molecule has 0 spiro atoms. The molecule has 5 heteroatoms. The zero-order valence-electron chi connectivity index (χ0n) is 7.18. The van der Waals surface area contributed by atoms with Gasteiger partial charge in [0.05, 0.1) is 5.59 Å². The summed E-state index contributed by atoms with van der Waals surface area (Å²) < 4.78 is 1.83. The van der Waals surface area contributed by atoms with Crippen LogP contribution in [0.5, 0.6) is 0 Å². The number of hydrogen-bond acceptors (Lipinski definition) is 3. The molecule has 0 saturated carbocycles. The van der Waals surface area contributed by atoms with Crippen LogP contribution in [0.2, 0.25) is 0 Å². The van der Waals surface area contributed by atoms with Gasteiger partial charge in [-0.15, -0.1) is 0 Å². The molecule has 0 atom stereocenters. The van der Waals surface area contributed by atoms with Crippen molar-refractivity contribution in [2.24, 2.45) is 7.05 Å². The lowest BCUT2D eigenvalue weighted by Gasteiger charge is -1.99. The molecule has 0 amide bonds. The molecule has 0 fully saturated rings. The van der Waals surface area contributed by atoms with Crippen LogP contribution in [0.1, 0.15) is 0 Å². The molecular weight excluding hydrogens is 167 g/mol. The Morgan fingerprint density at radius 3 is 2.77 bits per heavy atom. The molecule has 2 aromatic rings. The third-order valence-electron chi connectivity index (χ3n) is 2.00. The minimum absolute atomic E-state index is 0.273. The van der Waals surface area contributed by atoms with E-state index >= 15 is 0 Å². The lowest BCUT2D eigenvalue weighted by molar-refractivity contribution is 0.424. The van der Waals surface area contributed by atoms with Crippen LogP contribution in [0.4, 0.5) is 0 Å². The molecule has 0 aliphatic heterocycles. The van der Waals surface area contributed by atoms with Gasteiger partial charge < -0.3 is 14.6 Å². The van der Waals surface area contributed by atoms with Crippen LogP contribution in [-0.2, 0) is 7.05 Å². The highest BCUT2D eigenvalue weighted by atomic mass is 16.4. The molecule has 0 unspecified atom stereocenters. The number of aryl methyl sites for hydroxylation is 1. The lowest BCUT2D eigenvalue weighted by atomic mass is 9.86. The molecule has 2 aromatic heterocycles. The summed E-state index contributed by atoms with van der Waals surface area (Å²) in [4.78, 5) is 4.10. The summed E-state index contributed by atoms with van der Waals surface area (Å²) in [5, 5.41) is 18.8. The predicted octanol–water partition coefficient (Wildman–Crippen LogP) is -0.747. The Balaban J connectivity index is 2.66. The largest absolute Gasteiger partial charge is 0.508 e. The van der Waals surface area contributed by atoms with Gasteiger partial charge in [0.1, 0.15) is 5.65 Å². The van der Waals surface area contributed by atoms with Crippen molar-refractivity contribution >= 4 is 23.7 Å². The van der Waals surface area contributed by atoms with Crippen molar-refractivity contribution in [1.29, 1.82) is 0 Å². The molecule has 0 saturated heterocycles. The monoisotopic (exact) mass is 176 g/mol. The summed E-state index contributed by atoms with van der Waals surface area (Å²) in [6, 6.07) is 5.35. The highest BCUT2D eigenvalue weighted by molar-refractivity contribution is 6.57. The van der Waals surface area contributed by atoms with E-state index < -0.39 is 7.12 Å². The Labute approximate surface area is 75.6 Å².